The molecule has 6 nitrogen and oxygen atoms in total. The molecule has 132 valence electrons. The highest BCUT2D eigenvalue weighted by atomic mass is 19.1. The predicted octanol–water partition coefficient (Wildman–Crippen LogP) is 3.98. The van der Waals surface area contributed by atoms with Crippen LogP contribution in [-0.2, 0) is 6.61 Å². The third kappa shape index (κ3) is 4.50. The molecule has 3 rings (SSSR count). The standard InChI is InChI=1S/C18H14F2N4O2/c19-13-8-4-5-9-15(13)22-17(25)23-16-14(20)10-21-18(24-16)26-11-12-6-2-1-3-7-12/h1-10H,11H2,(H2,21,22,23,24,25). The van der Waals surface area contributed by atoms with Gasteiger partial charge in [0.1, 0.15) is 12.4 Å². The normalized spacial score (nSPS) is 10.2. The molecule has 1 heterocycles. The van der Waals surface area contributed by atoms with E-state index in [9.17, 15) is 13.6 Å². The predicted molar refractivity (Wildman–Crippen MR) is 91.8 cm³/mol. The molecule has 0 bridgehead atoms. The first-order chi connectivity index (χ1) is 12.6. The van der Waals surface area contributed by atoms with E-state index in [1.165, 1.54) is 18.2 Å². The number of amides is 2. The van der Waals surface area contributed by atoms with Gasteiger partial charge in [-0.25, -0.2) is 18.6 Å². The third-order valence-corrected chi connectivity index (χ3v) is 3.29. The lowest BCUT2D eigenvalue weighted by Crippen LogP contribution is -2.21. The van der Waals surface area contributed by atoms with E-state index in [-0.39, 0.29) is 24.1 Å². The summed E-state index contributed by atoms with van der Waals surface area (Å²) in [7, 11) is 0. The number of nitrogens with one attached hydrogen (secondary N) is 2. The number of carbonyl (C=O) groups excluding carboxylic acids is 1. The maximum atomic E-state index is 13.8. The molecule has 26 heavy (non-hydrogen) atoms. The zero-order valence-electron chi connectivity index (χ0n) is 13.4. The second-order valence-electron chi connectivity index (χ2n) is 5.18. The number of halogens is 2. The Morgan fingerprint density at radius 1 is 0.962 bits per heavy atom. The van der Waals surface area contributed by atoms with Gasteiger partial charge in [0, 0.05) is 0 Å². The van der Waals surface area contributed by atoms with Crippen LogP contribution in [0.4, 0.5) is 25.1 Å². The Morgan fingerprint density at radius 2 is 1.69 bits per heavy atom. The van der Waals surface area contributed by atoms with E-state index in [0.717, 1.165) is 11.8 Å². The minimum absolute atomic E-state index is 0.0417. The number of hydrogen-bond acceptors (Lipinski definition) is 4. The first kappa shape index (κ1) is 17.3. The number of carbonyl (C=O) groups is 1. The fraction of sp³-hybridized carbons (Fsp3) is 0.0556. The van der Waals surface area contributed by atoms with Gasteiger partial charge in [0.2, 0.25) is 0 Å². The number of nitrogens with zero attached hydrogens (tertiary/aromatic N) is 2. The van der Waals surface area contributed by atoms with E-state index in [1.807, 2.05) is 30.3 Å². The van der Waals surface area contributed by atoms with Crippen LogP contribution in [0.15, 0.2) is 60.8 Å². The van der Waals surface area contributed by atoms with Gasteiger partial charge in [-0.1, -0.05) is 42.5 Å². The highest BCUT2D eigenvalue weighted by Crippen LogP contribution is 2.16. The van der Waals surface area contributed by atoms with Crippen LogP contribution in [0.3, 0.4) is 0 Å². The molecule has 3 aromatic rings. The number of para-hydroxylation sites is 1. The Bertz CT molecular complexity index is 907. The Labute approximate surface area is 147 Å². The van der Waals surface area contributed by atoms with E-state index in [4.69, 9.17) is 4.74 Å². The maximum absolute atomic E-state index is 13.8. The average Bonchev–Trinajstić information content (AvgIpc) is 2.65. The van der Waals surface area contributed by atoms with Crippen LogP contribution in [-0.4, -0.2) is 16.0 Å². The van der Waals surface area contributed by atoms with Gasteiger partial charge >= 0.3 is 12.0 Å². The summed E-state index contributed by atoms with van der Waals surface area (Å²) in [5.41, 5.74) is 0.840. The highest BCUT2D eigenvalue weighted by Gasteiger charge is 2.13. The van der Waals surface area contributed by atoms with E-state index in [0.29, 0.717) is 0 Å². The van der Waals surface area contributed by atoms with Crippen molar-refractivity contribution in [2.75, 3.05) is 10.6 Å². The maximum Gasteiger partial charge on any atom is 0.325 e. The van der Waals surface area contributed by atoms with Crippen molar-refractivity contribution in [3.63, 3.8) is 0 Å². The molecule has 0 unspecified atom stereocenters. The molecular weight excluding hydrogens is 342 g/mol. The molecule has 0 aliphatic rings. The minimum Gasteiger partial charge on any atom is -0.459 e. The molecule has 0 spiro atoms. The summed E-state index contributed by atoms with van der Waals surface area (Å²) in [6, 6.07) is 13.9. The second kappa shape index (κ2) is 8.02. The Hall–Kier alpha value is -3.55. The summed E-state index contributed by atoms with van der Waals surface area (Å²) in [6.07, 6.45) is 0.881. The van der Waals surface area contributed by atoms with E-state index >= 15 is 0 Å². The van der Waals surface area contributed by atoms with Gasteiger partial charge in [0.25, 0.3) is 0 Å². The lowest BCUT2D eigenvalue weighted by atomic mass is 10.2. The fourth-order valence-corrected chi connectivity index (χ4v) is 2.05. The van der Waals surface area contributed by atoms with Crippen molar-refractivity contribution in [2.45, 2.75) is 6.61 Å². The van der Waals surface area contributed by atoms with Crippen molar-refractivity contribution in [1.29, 1.82) is 0 Å². The second-order valence-corrected chi connectivity index (χ2v) is 5.18. The minimum atomic E-state index is -0.847. The number of hydrogen-bond donors (Lipinski definition) is 2. The van der Waals surface area contributed by atoms with Crippen LogP contribution in [0.25, 0.3) is 0 Å². The zero-order chi connectivity index (χ0) is 18.4. The summed E-state index contributed by atoms with van der Waals surface area (Å²) in [6.45, 7) is 0.188. The van der Waals surface area contributed by atoms with Crippen LogP contribution in [0.5, 0.6) is 6.01 Å². The summed E-state index contributed by atoms with van der Waals surface area (Å²) in [5, 5.41) is 4.47. The quantitative estimate of drug-likeness (QED) is 0.725. The number of urea groups is 1. The number of rotatable bonds is 5. The van der Waals surface area contributed by atoms with Gasteiger partial charge < -0.3 is 10.1 Å². The van der Waals surface area contributed by atoms with Crippen molar-refractivity contribution in [3.8, 4) is 6.01 Å². The van der Waals surface area contributed by atoms with Gasteiger partial charge in [-0.05, 0) is 17.7 Å². The highest BCUT2D eigenvalue weighted by molar-refractivity contribution is 5.99. The molecule has 2 N–H and O–H groups in total. The van der Waals surface area contributed by atoms with Gasteiger partial charge in [0.15, 0.2) is 11.6 Å². The van der Waals surface area contributed by atoms with E-state index in [1.54, 1.807) is 6.07 Å². The monoisotopic (exact) mass is 356 g/mol. The lowest BCUT2D eigenvalue weighted by Gasteiger charge is -2.10. The summed E-state index contributed by atoms with van der Waals surface area (Å²) in [5.74, 6) is -1.84. The molecule has 1 aromatic heterocycles. The Morgan fingerprint density at radius 3 is 2.46 bits per heavy atom. The number of aromatic nitrogens is 2. The molecule has 0 saturated heterocycles. The molecule has 0 fully saturated rings. The zero-order valence-corrected chi connectivity index (χ0v) is 13.4. The Kier molecular flexibility index (Phi) is 5.33. The molecule has 8 heteroatoms. The molecule has 0 aliphatic carbocycles. The van der Waals surface area contributed by atoms with E-state index < -0.39 is 17.7 Å². The van der Waals surface area contributed by atoms with Crippen molar-refractivity contribution in [2.24, 2.45) is 0 Å². The molecule has 2 amide bonds. The molecule has 0 atom stereocenters. The van der Waals surface area contributed by atoms with Gasteiger partial charge in [0.05, 0.1) is 11.9 Å². The molecular formula is C18H14F2N4O2. The van der Waals surface area contributed by atoms with Gasteiger partial charge in [-0.3, -0.25) is 5.32 Å². The van der Waals surface area contributed by atoms with Crippen molar-refractivity contribution >= 4 is 17.5 Å². The van der Waals surface area contributed by atoms with Gasteiger partial charge in [-0.15, -0.1) is 0 Å². The van der Waals surface area contributed by atoms with Crippen LogP contribution < -0.4 is 15.4 Å². The van der Waals surface area contributed by atoms with Crippen molar-refractivity contribution in [1.82, 2.24) is 9.97 Å². The summed E-state index contributed by atoms with van der Waals surface area (Å²) < 4.78 is 32.7. The first-order valence-corrected chi connectivity index (χ1v) is 7.63. The van der Waals surface area contributed by atoms with Crippen LogP contribution in [0.2, 0.25) is 0 Å². The number of anilines is 2. The largest absolute Gasteiger partial charge is 0.459 e. The molecule has 0 saturated carbocycles. The Balaban J connectivity index is 1.65. The average molecular weight is 356 g/mol. The third-order valence-electron chi connectivity index (χ3n) is 3.29. The fourth-order valence-electron chi connectivity index (χ4n) is 2.05. The van der Waals surface area contributed by atoms with Crippen LogP contribution in [0.1, 0.15) is 5.56 Å². The lowest BCUT2D eigenvalue weighted by molar-refractivity contribution is 0.261. The van der Waals surface area contributed by atoms with E-state index in [2.05, 4.69) is 20.6 Å². The number of benzene rings is 2. The number of ether oxygens (including phenoxy) is 1. The molecule has 0 aliphatic heterocycles. The molecule has 0 radical (unpaired) electrons. The smallest absolute Gasteiger partial charge is 0.325 e. The first-order valence-electron chi connectivity index (χ1n) is 7.63. The topological polar surface area (TPSA) is 76.1 Å². The van der Waals surface area contributed by atoms with Crippen LogP contribution >= 0.6 is 0 Å². The molecule has 2 aromatic carbocycles. The van der Waals surface area contributed by atoms with Crippen molar-refractivity contribution in [3.05, 3.63) is 78.0 Å². The van der Waals surface area contributed by atoms with Crippen LogP contribution in [0, 0.1) is 11.6 Å². The summed E-state index contributed by atoms with van der Waals surface area (Å²) >= 11 is 0. The summed E-state index contributed by atoms with van der Waals surface area (Å²) in [4.78, 5) is 19.5. The van der Waals surface area contributed by atoms with Crippen molar-refractivity contribution < 1.29 is 18.3 Å². The van der Waals surface area contributed by atoms with Gasteiger partial charge in [-0.2, -0.15) is 4.98 Å². The SMILES string of the molecule is O=C(Nc1ccccc1F)Nc1nc(OCc2ccccc2)ncc1F.